The molecule has 2 bridgehead atoms. The van der Waals surface area contributed by atoms with E-state index in [1.54, 1.807) is 0 Å². The molecular formula is C13H18O. The van der Waals surface area contributed by atoms with E-state index in [-0.39, 0.29) is 5.41 Å². The highest BCUT2D eigenvalue weighted by molar-refractivity contribution is 5.84. The molecule has 14 heavy (non-hydrogen) atoms. The van der Waals surface area contributed by atoms with Crippen LogP contribution < -0.4 is 0 Å². The van der Waals surface area contributed by atoms with Gasteiger partial charge in [-0.1, -0.05) is 26.0 Å². The van der Waals surface area contributed by atoms with E-state index in [1.165, 1.54) is 0 Å². The van der Waals surface area contributed by atoms with Crippen LogP contribution in [0.15, 0.2) is 12.2 Å². The van der Waals surface area contributed by atoms with Crippen LogP contribution >= 0.6 is 0 Å². The topological polar surface area (TPSA) is 17.1 Å². The monoisotopic (exact) mass is 190 g/mol. The molecule has 3 rings (SSSR count). The number of carbonyl (C=O) groups is 1. The molecule has 1 nitrogen and oxygen atoms in total. The van der Waals surface area contributed by atoms with Gasteiger partial charge in [0.05, 0.1) is 0 Å². The predicted octanol–water partition coefficient (Wildman–Crippen LogP) is 2.81. The van der Waals surface area contributed by atoms with E-state index in [9.17, 15) is 4.79 Å². The van der Waals surface area contributed by atoms with Gasteiger partial charge in [0, 0.05) is 12.3 Å². The van der Waals surface area contributed by atoms with Crippen LogP contribution in [0.2, 0.25) is 0 Å². The molecule has 3 aliphatic rings. The van der Waals surface area contributed by atoms with Gasteiger partial charge in [0.2, 0.25) is 0 Å². The zero-order chi connectivity index (χ0) is 9.92. The van der Waals surface area contributed by atoms with Crippen LogP contribution in [0.4, 0.5) is 0 Å². The van der Waals surface area contributed by atoms with Gasteiger partial charge in [-0.15, -0.1) is 0 Å². The summed E-state index contributed by atoms with van der Waals surface area (Å²) in [5.41, 5.74) is 0.273. The van der Waals surface area contributed by atoms with Crippen molar-refractivity contribution in [2.75, 3.05) is 0 Å². The van der Waals surface area contributed by atoms with Gasteiger partial charge in [0.15, 0.2) is 0 Å². The first-order valence-corrected chi connectivity index (χ1v) is 5.82. The third-order valence-corrected chi connectivity index (χ3v) is 4.96. The maximum atomic E-state index is 12.0. The molecule has 0 aliphatic heterocycles. The molecule has 0 heterocycles. The lowest BCUT2D eigenvalue weighted by molar-refractivity contribution is -0.130. The maximum Gasteiger partial charge on any atom is 0.136 e. The molecule has 3 aliphatic carbocycles. The van der Waals surface area contributed by atoms with Crippen LogP contribution in [0, 0.1) is 29.1 Å². The van der Waals surface area contributed by atoms with Crippen molar-refractivity contribution >= 4 is 5.78 Å². The molecule has 0 spiro atoms. The van der Waals surface area contributed by atoms with E-state index < -0.39 is 0 Å². The van der Waals surface area contributed by atoms with E-state index in [0.29, 0.717) is 17.6 Å². The number of ketones is 1. The Morgan fingerprint density at radius 1 is 1.43 bits per heavy atom. The van der Waals surface area contributed by atoms with Gasteiger partial charge in [0.1, 0.15) is 5.78 Å². The van der Waals surface area contributed by atoms with Crippen molar-refractivity contribution in [3.8, 4) is 0 Å². The van der Waals surface area contributed by atoms with E-state index in [1.807, 2.05) is 0 Å². The SMILES string of the molecule is CC1(C)[C@@H]2C(=O)CC[C@H]1[C@H]1C=CC[C@H]12. The molecule has 0 amide bonds. The number of hydrogen-bond acceptors (Lipinski definition) is 1. The standard InChI is InChI=1S/C13H18O/c1-13(2)10-6-7-11(14)12(13)9-5-3-4-8(9)10/h3-4,8-10,12H,5-7H2,1-2H3/t8-,9+,10-,12-/m0/s1. The van der Waals surface area contributed by atoms with Crippen molar-refractivity contribution in [2.24, 2.45) is 29.1 Å². The minimum atomic E-state index is 0.273. The Kier molecular flexibility index (Phi) is 1.55. The highest BCUT2D eigenvalue weighted by atomic mass is 16.1. The number of Topliss-reactive ketones (excluding diaryl/α,β-unsaturated/α-hetero) is 1. The molecule has 0 N–H and O–H groups in total. The zero-order valence-electron chi connectivity index (χ0n) is 8.99. The number of hydrogen-bond donors (Lipinski definition) is 0. The third-order valence-electron chi connectivity index (χ3n) is 4.96. The molecule has 4 atom stereocenters. The van der Waals surface area contributed by atoms with E-state index in [2.05, 4.69) is 26.0 Å². The summed E-state index contributed by atoms with van der Waals surface area (Å²) in [6, 6.07) is 0. The van der Waals surface area contributed by atoms with Crippen molar-refractivity contribution in [3.63, 3.8) is 0 Å². The van der Waals surface area contributed by atoms with Crippen LogP contribution in [-0.4, -0.2) is 5.78 Å². The summed E-state index contributed by atoms with van der Waals surface area (Å²) in [5.74, 6) is 3.06. The highest BCUT2D eigenvalue weighted by Gasteiger charge is 2.59. The van der Waals surface area contributed by atoms with Crippen molar-refractivity contribution in [3.05, 3.63) is 12.2 Å². The molecule has 0 saturated heterocycles. The molecule has 76 valence electrons. The Morgan fingerprint density at radius 2 is 2.21 bits per heavy atom. The summed E-state index contributed by atoms with van der Waals surface area (Å²) in [5, 5.41) is 0. The Labute approximate surface area is 85.6 Å². The highest BCUT2D eigenvalue weighted by Crippen LogP contribution is 2.62. The minimum absolute atomic E-state index is 0.273. The molecule has 2 saturated carbocycles. The van der Waals surface area contributed by atoms with Crippen LogP contribution in [0.3, 0.4) is 0 Å². The molecular weight excluding hydrogens is 172 g/mol. The van der Waals surface area contributed by atoms with Gasteiger partial charge < -0.3 is 0 Å². The summed E-state index contributed by atoms with van der Waals surface area (Å²) in [7, 11) is 0. The second kappa shape index (κ2) is 2.50. The van der Waals surface area contributed by atoms with E-state index in [0.717, 1.165) is 31.1 Å². The quantitative estimate of drug-likeness (QED) is 0.537. The van der Waals surface area contributed by atoms with Gasteiger partial charge in [-0.2, -0.15) is 0 Å². The van der Waals surface area contributed by atoms with Crippen molar-refractivity contribution in [1.29, 1.82) is 0 Å². The average molecular weight is 190 g/mol. The molecule has 0 aromatic carbocycles. The molecule has 0 aromatic heterocycles. The Morgan fingerprint density at radius 3 is 3.00 bits per heavy atom. The van der Waals surface area contributed by atoms with Gasteiger partial charge in [-0.05, 0) is 36.0 Å². The van der Waals surface area contributed by atoms with Crippen LogP contribution in [0.25, 0.3) is 0 Å². The lowest BCUT2D eigenvalue weighted by Gasteiger charge is -2.38. The Hall–Kier alpha value is -0.590. The Bertz CT molecular complexity index is 313. The predicted molar refractivity (Wildman–Crippen MR) is 55.7 cm³/mol. The molecule has 1 heteroatoms. The van der Waals surface area contributed by atoms with E-state index in [4.69, 9.17) is 0 Å². The second-order valence-corrected chi connectivity index (χ2v) is 5.82. The van der Waals surface area contributed by atoms with Gasteiger partial charge in [-0.25, -0.2) is 0 Å². The fourth-order valence-corrected chi connectivity index (χ4v) is 4.43. The number of fused-ring (bicyclic) bond motifs is 5. The Balaban J connectivity index is 2.07. The molecule has 0 aromatic rings. The summed E-state index contributed by atoms with van der Waals surface area (Å²) in [6.07, 6.45) is 7.81. The van der Waals surface area contributed by atoms with Crippen molar-refractivity contribution < 1.29 is 4.79 Å². The zero-order valence-corrected chi connectivity index (χ0v) is 8.99. The average Bonchev–Trinajstić information content (AvgIpc) is 2.55. The van der Waals surface area contributed by atoms with E-state index >= 15 is 0 Å². The number of allylic oxidation sites excluding steroid dienone is 2. The number of carbonyl (C=O) groups excluding carboxylic acids is 1. The first kappa shape index (κ1) is 8.70. The van der Waals surface area contributed by atoms with Crippen molar-refractivity contribution in [1.82, 2.24) is 0 Å². The third kappa shape index (κ3) is 0.838. The first-order valence-electron chi connectivity index (χ1n) is 5.82. The van der Waals surface area contributed by atoms with Crippen LogP contribution in [-0.2, 0) is 4.79 Å². The minimum Gasteiger partial charge on any atom is -0.299 e. The first-order chi connectivity index (χ1) is 6.62. The second-order valence-electron chi connectivity index (χ2n) is 5.82. The van der Waals surface area contributed by atoms with Crippen LogP contribution in [0.5, 0.6) is 0 Å². The summed E-state index contributed by atoms with van der Waals surface area (Å²) >= 11 is 0. The fourth-order valence-electron chi connectivity index (χ4n) is 4.43. The number of rotatable bonds is 0. The van der Waals surface area contributed by atoms with Gasteiger partial charge >= 0.3 is 0 Å². The molecule has 0 unspecified atom stereocenters. The maximum absolute atomic E-state index is 12.0. The van der Waals surface area contributed by atoms with Crippen molar-refractivity contribution in [2.45, 2.75) is 33.1 Å². The van der Waals surface area contributed by atoms with Gasteiger partial charge in [-0.3, -0.25) is 4.79 Å². The largest absolute Gasteiger partial charge is 0.299 e. The summed E-state index contributed by atoms with van der Waals surface area (Å²) < 4.78 is 0. The van der Waals surface area contributed by atoms with Crippen LogP contribution in [0.1, 0.15) is 33.1 Å². The van der Waals surface area contributed by atoms with Gasteiger partial charge in [0.25, 0.3) is 0 Å². The fraction of sp³-hybridized carbons (Fsp3) is 0.769. The lowest BCUT2D eigenvalue weighted by Crippen LogP contribution is -2.37. The summed E-state index contributed by atoms with van der Waals surface area (Å²) in [6.45, 7) is 4.62. The molecule has 0 radical (unpaired) electrons. The smallest absolute Gasteiger partial charge is 0.136 e. The normalized spacial score (nSPS) is 48.3. The lowest BCUT2D eigenvalue weighted by atomic mass is 9.65. The summed E-state index contributed by atoms with van der Waals surface area (Å²) in [4.78, 5) is 12.0. The molecule has 2 fully saturated rings.